The molecule has 2 N–H and O–H groups in total. The number of hydrogen-bond acceptors (Lipinski definition) is 3. The van der Waals surface area contributed by atoms with Crippen LogP contribution in [0.3, 0.4) is 0 Å². The lowest BCUT2D eigenvalue weighted by Crippen LogP contribution is -2.44. The zero-order valence-corrected chi connectivity index (χ0v) is 11.6. The summed E-state index contributed by atoms with van der Waals surface area (Å²) in [6, 6.07) is 5.47. The Labute approximate surface area is 114 Å². The number of carbonyl (C=O) groups excluding carboxylic acids is 1. The highest BCUT2D eigenvalue weighted by Gasteiger charge is 2.23. The average molecular weight is 262 g/mol. The normalized spacial score (nSPS) is 18.8. The molecule has 2 amide bonds. The number of likely N-dealkylation sites (tertiary alicyclic amines) is 1. The molecule has 19 heavy (non-hydrogen) atoms. The van der Waals surface area contributed by atoms with Gasteiger partial charge in [0.2, 0.25) is 0 Å². The third kappa shape index (κ3) is 4.21. The zero-order valence-electron chi connectivity index (χ0n) is 11.6. The van der Waals surface area contributed by atoms with Gasteiger partial charge in [-0.25, -0.2) is 9.78 Å². The smallest absolute Gasteiger partial charge is 0.320 e. The van der Waals surface area contributed by atoms with Gasteiger partial charge in [0.05, 0.1) is 0 Å². The minimum Gasteiger partial charge on any atom is -0.335 e. The summed E-state index contributed by atoms with van der Waals surface area (Å²) in [5.74, 6) is 1.14. The molecule has 0 unspecified atom stereocenters. The Morgan fingerprint density at radius 3 is 2.79 bits per heavy atom. The second-order valence-corrected chi connectivity index (χ2v) is 5.24. The van der Waals surface area contributed by atoms with E-state index in [4.69, 9.17) is 0 Å². The van der Waals surface area contributed by atoms with E-state index >= 15 is 0 Å². The zero-order chi connectivity index (χ0) is 13.7. The van der Waals surface area contributed by atoms with Crippen LogP contribution in [0, 0.1) is 5.92 Å². The standard InChI is InChI=1S/C14H22N4O/c1-11(12-6-9-18(2)10-7-12)16-14(19)17-13-5-3-4-8-15-13/h3-5,8,11-12H,6-7,9-10H2,1-2H3,(H2,15,16,17,19)/t11-/m1/s1. The van der Waals surface area contributed by atoms with Crippen LogP contribution in [0.15, 0.2) is 24.4 Å². The summed E-state index contributed by atoms with van der Waals surface area (Å²) in [5, 5.41) is 5.75. The molecule has 2 heterocycles. The largest absolute Gasteiger partial charge is 0.335 e. The van der Waals surface area contributed by atoms with Crippen LogP contribution < -0.4 is 10.6 Å². The molecule has 5 heteroatoms. The van der Waals surface area contributed by atoms with Crippen molar-refractivity contribution in [2.24, 2.45) is 5.92 Å². The summed E-state index contributed by atoms with van der Waals surface area (Å²) < 4.78 is 0. The molecule has 0 saturated carbocycles. The van der Waals surface area contributed by atoms with Crippen molar-refractivity contribution in [3.8, 4) is 0 Å². The molecule has 2 rings (SSSR count). The van der Waals surface area contributed by atoms with Gasteiger partial charge >= 0.3 is 6.03 Å². The van der Waals surface area contributed by atoms with Gasteiger partial charge in [-0.15, -0.1) is 0 Å². The number of anilines is 1. The molecule has 1 aliphatic rings. The van der Waals surface area contributed by atoms with E-state index in [2.05, 4.69) is 34.5 Å². The molecule has 0 radical (unpaired) electrons. The maximum atomic E-state index is 11.9. The molecule has 0 bridgehead atoms. The number of pyridine rings is 1. The van der Waals surface area contributed by atoms with Crippen LogP contribution >= 0.6 is 0 Å². The Morgan fingerprint density at radius 2 is 2.16 bits per heavy atom. The Kier molecular flexibility index (Phi) is 4.74. The van der Waals surface area contributed by atoms with Gasteiger partial charge in [0.25, 0.3) is 0 Å². The SMILES string of the molecule is C[C@@H](NC(=O)Nc1ccccn1)C1CCN(C)CC1. The third-order valence-corrected chi connectivity index (χ3v) is 3.74. The van der Waals surface area contributed by atoms with E-state index < -0.39 is 0 Å². The predicted octanol–water partition coefficient (Wildman–Crippen LogP) is 1.93. The molecular formula is C14H22N4O. The molecule has 1 aliphatic heterocycles. The number of carbonyl (C=O) groups is 1. The molecule has 1 saturated heterocycles. The van der Waals surface area contributed by atoms with Crippen LogP contribution in [0.1, 0.15) is 19.8 Å². The first-order chi connectivity index (χ1) is 9.15. The van der Waals surface area contributed by atoms with Crippen LogP contribution in [-0.2, 0) is 0 Å². The van der Waals surface area contributed by atoms with Crippen molar-refractivity contribution in [3.63, 3.8) is 0 Å². The number of amides is 2. The van der Waals surface area contributed by atoms with Gasteiger partial charge in [-0.2, -0.15) is 0 Å². The van der Waals surface area contributed by atoms with Crippen molar-refractivity contribution in [1.82, 2.24) is 15.2 Å². The van der Waals surface area contributed by atoms with Crippen LogP contribution in [0.5, 0.6) is 0 Å². The van der Waals surface area contributed by atoms with Gasteiger partial charge in [-0.1, -0.05) is 6.07 Å². The molecule has 104 valence electrons. The monoisotopic (exact) mass is 262 g/mol. The quantitative estimate of drug-likeness (QED) is 0.875. The first kappa shape index (κ1) is 13.8. The number of nitrogens with one attached hydrogen (secondary N) is 2. The maximum absolute atomic E-state index is 11.9. The molecule has 1 aromatic heterocycles. The predicted molar refractivity (Wildman–Crippen MR) is 76.1 cm³/mol. The Balaban J connectivity index is 1.78. The summed E-state index contributed by atoms with van der Waals surface area (Å²) in [4.78, 5) is 18.3. The Hall–Kier alpha value is -1.62. The van der Waals surface area contributed by atoms with E-state index in [1.807, 2.05) is 12.1 Å². The summed E-state index contributed by atoms with van der Waals surface area (Å²) in [7, 11) is 2.14. The summed E-state index contributed by atoms with van der Waals surface area (Å²) >= 11 is 0. The van der Waals surface area contributed by atoms with Crippen molar-refractivity contribution in [3.05, 3.63) is 24.4 Å². The lowest BCUT2D eigenvalue weighted by molar-refractivity contribution is 0.189. The van der Waals surface area contributed by atoms with Crippen molar-refractivity contribution in [2.75, 3.05) is 25.5 Å². The second kappa shape index (κ2) is 6.52. The lowest BCUT2D eigenvalue weighted by atomic mass is 9.91. The minimum atomic E-state index is -0.176. The van der Waals surface area contributed by atoms with Gasteiger partial charge in [0, 0.05) is 12.2 Å². The fraction of sp³-hybridized carbons (Fsp3) is 0.571. The van der Waals surface area contributed by atoms with Crippen molar-refractivity contribution in [2.45, 2.75) is 25.8 Å². The first-order valence-electron chi connectivity index (χ1n) is 6.82. The van der Waals surface area contributed by atoms with E-state index in [-0.39, 0.29) is 12.1 Å². The number of aromatic nitrogens is 1. The van der Waals surface area contributed by atoms with Gasteiger partial charge in [-0.05, 0) is 58.0 Å². The first-order valence-corrected chi connectivity index (χ1v) is 6.82. The average Bonchev–Trinajstić information content (AvgIpc) is 2.40. The van der Waals surface area contributed by atoms with Crippen LogP contribution in [0.2, 0.25) is 0 Å². The van der Waals surface area contributed by atoms with Crippen LogP contribution in [0.25, 0.3) is 0 Å². The van der Waals surface area contributed by atoms with E-state index in [0.717, 1.165) is 25.9 Å². The van der Waals surface area contributed by atoms with Crippen LogP contribution in [0.4, 0.5) is 10.6 Å². The fourth-order valence-corrected chi connectivity index (χ4v) is 2.44. The van der Waals surface area contributed by atoms with Gasteiger partial charge in [0.1, 0.15) is 5.82 Å². The molecule has 1 aromatic rings. The number of piperidine rings is 1. The van der Waals surface area contributed by atoms with E-state index in [1.165, 1.54) is 0 Å². The molecular weight excluding hydrogens is 240 g/mol. The summed E-state index contributed by atoms with van der Waals surface area (Å²) in [6.07, 6.45) is 3.94. The summed E-state index contributed by atoms with van der Waals surface area (Å²) in [5.41, 5.74) is 0. The molecule has 0 spiro atoms. The minimum absolute atomic E-state index is 0.176. The number of nitrogens with zero attached hydrogens (tertiary/aromatic N) is 2. The fourth-order valence-electron chi connectivity index (χ4n) is 2.44. The lowest BCUT2D eigenvalue weighted by Gasteiger charge is -2.32. The molecule has 0 aliphatic carbocycles. The Bertz CT molecular complexity index is 401. The Morgan fingerprint density at radius 1 is 1.42 bits per heavy atom. The third-order valence-electron chi connectivity index (χ3n) is 3.74. The number of urea groups is 1. The molecule has 1 fully saturated rings. The van der Waals surface area contributed by atoms with Crippen molar-refractivity contribution >= 4 is 11.8 Å². The number of rotatable bonds is 3. The van der Waals surface area contributed by atoms with Gasteiger partial charge in [-0.3, -0.25) is 5.32 Å². The molecule has 5 nitrogen and oxygen atoms in total. The van der Waals surface area contributed by atoms with E-state index in [9.17, 15) is 4.79 Å². The highest BCUT2D eigenvalue weighted by atomic mass is 16.2. The molecule has 0 aromatic carbocycles. The number of hydrogen-bond donors (Lipinski definition) is 2. The summed E-state index contributed by atoms with van der Waals surface area (Å²) in [6.45, 7) is 4.30. The molecule has 1 atom stereocenters. The highest BCUT2D eigenvalue weighted by Crippen LogP contribution is 2.19. The maximum Gasteiger partial charge on any atom is 0.320 e. The van der Waals surface area contributed by atoms with Gasteiger partial charge in [0.15, 0.2) is 0 Å². The second-order valence-electron chi connectivity index (χ2n) is 5.24. The van der Waals surface area contributed by atoms with Crippen molar-refractivity contribution < 1.29 is 4.79 Å². The van der Waals surface area contributed by atoms with Crippen molar-refractivity contribution in [1.29, 1.82) is 0 Å². The topological polar surface area (TPSA) is 57.3 Å². The van der Waals surface area contributed by atoms with Crippen LogP contribution in [-0.4, -0.2) is 42.1 Å². The van der Waals surface area contributed by atoms with E-state index in [0.29, 0.717) is 11.7 Å². The van der Waals surface area contributed by atoms with E-state index in [1.54, 1.807) is 12.3 Å². The highest BCUT2D eigenvalue weighted by molar-refractivity contribution is 5.88. The van der Waals surface area contributed by atoms with Gasteiger partial charge < -0.3 is 10.2 Å².